The van der Waals surface area contributed by atoms with Crippen LogP contribution in [0, 0.1) is 6.42 Å². The number of hydrogen-bond donors (Lipinski definition) is 1. The van der Waals surface area contributed by atoms with E-state index in [1.165, 1.54) is 35.0 Å². The van der Waals surface area contributed by atoms with Gasteiger partial charge in [-0.3, -0.25) is 0 Å². The van der Waals surface area contributed by atoms with Crippen molar-refractivity contribution in [1.82, 2.24) is 4.98 Å². The first-order valence-corrected chi connectivity index (χ1v) is 4.38. The quantitative estimate of drug-likeness (QED) is 0.603. The van der Waals surface area contributed by atoms with Crippen LogP contribution in [0.15, 0.2) is 24.3 Å². The molecular formula is C11H10N. The number of rotatable bonds is 0. The maximum Gasteiger partial charge on any atom is 0.0459 e. The van der Waals surface area contributed by atoms with Gasteiger partial charge in [-0.15, -0.1) is 0 Å². The van der Waals surface area contributed by atoms with E-state index in [9.17, 15) is 0 Å². The summed E-state index contributed by atoms with van der Waals surface area (Å²) in [5, 5.41) is 1.38. The maximum atomic E-state index is 3.44. The van der Waals surface area contributed by atoms with E-state index in [1.807, 2.05) is 0 Å². The number of benzene rings is 1. The number of nitrogens with one attached hydrogen (secondary N) is 1. The van der Waals surface area contributed by atoms with Crippen LogP contribution in [0.1, 0.15) is 17.7 Å². The predicted molar refractivity (Wildman–Crippen MR) is 50.0 cm³/mol. The second kappa shape index (κ2) is 2.13. The van der Waals surface area contributed by atoms with E-state index in [4.69, 9.17) is 0 Å². The van der Waals surface area contributed by atoms with Crippen molar-refractivity contribution in [3.63, 3.8) is 0 Å². The Morgan fingerprint density at radius 3 is 3.08 bits per heavy atom. The average Bonchev–Trinajstić information content (AvgIpc) is 2.62. The Balaban J connectivity index is 2.44. The van der Waals surface area contributed by atoms with Crippen molar-refractivity contribution in [3.8, 4) is 0 Å². The van der Waals surface area contributed by atoms with Gasteiger partial charge in [-0.2, -0.15) is 0 Å². The summed E-state index contributed by atoms with van der Waals surface area (Å²) in [6.45, 7) is 0. The van der Waals surface area contributed by atoms with Crippen molar-refractivity contribution in [2.75, 3.05) is 0 Å². The lowest BCUT2D eigenvalue weighted by Gasteiger charge is -1.90. The van der Waals surface area contributed by atoms with Crippen LogP contribution in [-0.4, -0.2) is 4.98 Å². The molecular weight excluding hydrogens is 146 g/mol. The number of fused-ring (bicyclic) bond motifs is 3. The predicted octanol–water partition coefficient (Wildman–Crippen LogP) is 2.67. The smallest absolute Gasteiger partial charge is 0.0459 e. The summed E-state index contributed by atoms with van der Waals surface area (Å²) >= 11 is 0. The van der Waals surface area contributed by atoms with E-state index >= 15 is 0 Å². The standard InChI is InChI=1S/C11H10N/c1-2-6-10-8(4-1)9-5-3-7-11(9)12-10/h1-2,4-6,12H,3,7H2. The summed E-state index contributed by atoms with van der Waals surface area (Å²) in [7, 11) is 0. The van der Waals surface area contributed by atoms with Crippen LogP contribution in [0.25, 0.3) is 10.9 Å². The second-order valence-corrected chi connectivity index (χ2v) is 3.31. The molecule has 1 radical (unpaired) electrons. The second-order valence-electron chi connectivity index (χ2n) is 3.31. The highest BCUT2D eigenvalue weighted by molar-refractivity contribution is 5.86. The topological polar surface area (TPSA) is 15.8 Å². The Kier molecular flexibility index (Phi) is 1.12. The lowest BCUT2D eigenvalue weighted by molar-refractivity contribution is 0.998. The zero-order chi connectivity index (χ0) is 7.97. The third-order valence-corrected chi connectivity index (χ3v) is 2.57. The van der Waals surface area contributed by atoms with Crippen LogP contribution in [-0.2, 0) is 6.42 Å². The molecule has 1 heteroatoms. The first-order valence-electron chi connectivity index (χ1n) is 4.38. The summed E-state index contributed by atoms with van der Waals surface area (Å²) in [5.74, 6) is 0. The van der Waals surface area contributed by atoms with Crippen LogP contribution in [0.3, 0.4) is 0 Å². The Morgan fingerprint density at radius 1 is 1.17 bits per heavy atom. The van der Waals surface area contributed by atoms with E-state index < -0.39 is 0 Å². The minimum absolute atomic E-state index is 1.18. The van der Waals surface area contributed by atoms with Gasteiger partial charge in [0.2, 0.25) is 0 Å². The lowest BCUT2D eigenvalue weighted by atomic mass is 10.1. The zero-order valence-electron chi connectivity index (χ0n) is 6.80. The fourth-order valence-electron chi connectivity index (χ4n) is 2.01. The zero-order valence-corrected chi connectivity index (χ0v) is 6.80. The fourth-order valence-corrected chi connectivity index (χ4v) is 2.01. The van der Waals surface area contributed by atoms with Crippen molar-refractivity contribution in [1.29, 1.82) is 0 Å². The molecule has 0 spiro atoms. The summed E-state index contributed by atoms with van der Waals surface area (Å²) in [5.41, 5.74) is 4.13. The van der Waals surface area contributed by atoms with E-state index in [0.717, 1.165) is 0 Å². The molecule has 1 aliphatic carbocycles. The monoisotopic (exact) mass is 156 g/mol. The molecule has 1 aromatic heterocycles. The molecule has 0 amide bonds. The van der Waals surface area contributed by atoms with Gasteiger partial charge in [0.1, 0.15) is 0 Å². The minimum atomic E-state index is 1.18. The van der Waals surface area contributed by atoms with E-state index in [0.29, 0.717) is 0 Å². The molecule has 2 aromatic rings. The molecule has 12 heavy (non-hydrogen) atoms. The number of para-hydroxylation sites is 1. The summed E-state index contributed by atoms with van der Waals surface area (Å²) in [6, 6.07) is 8.50. The van der Waals surface area contributed by atoms with Gasteiger partial charge in [-0.05, 0) is 30.9 Å². The molecule has 1 N–H and O–H groups in total. The number of hydrogen-bond acceptors (Lipinski definition) is 0. The molecule has 1 heterocycles. The van der Waals surface area contributed by atoms with Gasteiger partial charge in [0.05, 0.1) is 0 Å². The van der Waals surface area contributed by atoms with Crippen molar-refractivity contribution in [3.05, 3.63) is 41.9 Å². The molecule has 59 valence electrons. The van der Waals surface area contributed by atoms with Crippen molar-refractivity contribution in [2.45, 2.75) is 12.8 Å². The summed E-state index contributed by atoms with van der Waals surface area (Å²) < 4.78 is 0. The van der Waals surface area contributed by atoms with Gasteiger partial charge < -0.3 is 4.98 Å². The molecule has 0 saturated heterocycles. The molecule has 0 bridgehead atoms. The van der Waals surface area contributed by atoms with E-state index in [2.05, 4.69) is 35.7 Å². The Bertz CT molecular complexity index is 425. The molecule has 1 aromatic carbocycles. The van der Waals surface area contributed by atoms with Gasteiger partial charge in [0, 0.05) is 16.6 Å². The fraction of sp³-hybridized carbons (Fsp3) is 0.182. The largest absolute Gasteiger partial charge is 0.358 e. The van der Waals surface area contributed by atoms with Crippen molar-refractivity contribution < 1.29 is 0 Å². The lowest BCUT2D eigenvalue weighted by Crippen LogP contribution is -1.75. The highest BCUT2D eigenvalue weighted by Crippen LogP contribution is 2.30. The van der Waals surface area contributed by atoms with Crippen LogP contribution in [0.4, 0.5) is 0 Å². The first kappa shape index (κ1) is 6.30. The van der Waals surface area contributed by atoms with Gasteiger partial charge in [0.25, 0.3) is 0 Å². The molecule has 1 nitrogen and oxygen atoms in total. The molecule has 1 aliphatic rings. The highest BCUT2D eigenvalue weighted by atomic mass is 14.7. The number of aromatic amines is 1. The molecule has 0 aliphatic heterocycles. The van der Waals surface area contributed by atoms with Gasteiger partial charge in [-0.25, -0.2) is 0 Å². The van der Waals surface area contributed by atoms with E-state index in [-0.39, 0.29) is 0 Å². The van der Waals surface area contributed by atoms with Crippen LogP contribution < -0.4 is 0 Å². The normalized spacial score (nSPS) is 15.3. The van der Waals surface area contributed by atoms with Crippen molar-refractivity contribution >= 4 is 10.9 Å². The third-order valence-electron chi connectivity index (χ3n) is 2.57. The van der Waals surface area contributed by atoms with Crippen LogP contribution in [0.5, 0.6) is 0 Å². The van der Waals surface area contributed by atoms with Crippen LogP contribution >= 0.6 is 0 Å². The van der Waals surface area contributed by atoms with Crippen LogP contribution in [0.2, 0.25) is 0 Å². The van der Waals surface area contributed by atoms with Gasteiger partial charge in [-0.1, -0.05) is 18.2 Å². The molecule has 0 atom stereocenters. The van der Waals surface area contributed by atoms with Gasteiger partial charge >= 0.3 is 0 Å². The number of aromatic nitrogens is 1. The maximum absolute atomic E-state index is 3.44. The highest BCUT2D eigenvalue weighted by Gasteiger charge is 2.15. The van der Waals surface area contributed by atoms with Crippen molar-refractivity contribution in [2.24, 2.45) is 0 Å². The average molecular weight is 156 g/mol. The molecule has 0 saturated carbocycles. The minimum Gasteiger partial charge on any atom is -0.358 e. The Labute approximate surface area is 71.4 Å². The summed E-state index contributed by atoms with van der Waals surface area (Å²) in [6.07, 6.45) is 4.71. The molecule has 0 unspecified atom stereocenters. The Morgan fingerprint density at radius 2 is 2.08 bits per heavy atom. The number of aryl methyl sites for hydroxylation is 1. The third kappa shape index (κ3) is 0.685. The van der Waals surface area contributed by atoms with E-state index in [1.54, 1.807) is 0 Å². The molecule has 0 fully saturated rings. The van der Waals surface area contributed by atoms with Gasteiger partial charge in [0.15, 0.2) is 0 Å². The summed E-state index contributed by atoms with van der Waals surface area (Å²) in [4.78, 5) is 3.44. The SMILES string of the molecule is [CH]1CCc2[nH]c3ccccc3c21. The first-order chi connectivity index (χ1) is 5.95. The molecule has 3 rings (SSSR count). The number of H-pyrrole nitrogens is 1. The Hall–Kier alpha value is -1.24.